The summed E-state index contributed by atoms with van der Waals surface area (Å²) in [6, 6.07) is 3.60. The summed E-state index contributed by atoms with van der Waals surface area (Å²) >= 11 is 0. The van der Waals surface area contributed by atoms with Crippen LogP contribution in [0.5, 0.6) is 17.2 Å². The van der Waals surface area contributed by atoms with Gasteiger partial charge in [0.25, 0.3) is 0 Å². The third-order valence-electron chi connectivity index (χ3n) is 4.50. The number of nitrogens with one attached hydrogen (secondary N) is 2. The number of ether oxygens (including phenoxy) is 4. The molecule has 148 valence electrons. The highest BCUT2D eigenvalue weighted by Gasteiger charge is 2.20. The van der Waals surface area contributed by atoms with Gasteiger partial charge in [-0.3, -0.25) is 0 Å². The number of hydrogen-bond acceptors (Lipinski definition) is 9. The minimum Gasteiger partial charge on any atom is -0.493 e. The molecular formula is C18H22N6O4. The van der Waals surface area contributed by atoms with Gasteiger partial charge in [-0.1, -0.05) is 0 Å². The van der Waals surface area contributed by atoms with E-state index >= 15 is 0 Å². The highest BCUT2D eigenvalue weighted by Crippen LogP contribution is 2.40. The molecule has 1 aliphatic heterocycles. The first kappa shape index (κ1) is 18.1. The maximum Gasteiger partial charge on any atom is 0.231 e. The van der Waals surface area contributed by atoms with Crippen LogP contribution in [0.4, 0.5) is 17.5 Å². The average Bonchev–Trinajstić information content (AvgIpc) is 3.21. The third-order valence-corrected chi connectivity index (χ3v) is 4.50. The average molecular weight is 386 g/mol. The van der Waals surface area contributed by atoms with E-state index in [1.165, 1.54) is 0 Å². The number of imidazole rings is 1. The molecule has 0 radical (unpaired) electrons. The number of benzene rings is 1. The van der Waals surface area contributed by atoms with Crippen molar-refractivity contribution in [3.8, 4) is 17.2 Å². The number of nitrogens with zero attached hydrogens (tertiary/aromatic N) is 4. The summed E-state index contributed by atoms with van der Waals surface area (Å²) in [6.45, 7) is 2.84. The third kappa shape index (κ3) is 3.33. The molecule has 1 fully saturated rings. The van der Waals surface area contributed by atoms with Gasteiger partial charge in [0.1, 0.15) is 5.52 Å². The molecule has 0 aliphatic carbocycles. The zero-order chi connectivity index (χ0) is 19.5. The number of hydrogen-bond donors (Lipinski definition) is 2. The van der Waals surface area contributed by atoms with Crippen molar-refractivity contribution in [1.29, 1.82) is 0 Å². The van der Waals surface area contributed by atoms with Gasteiger partial charge in [0.2, 0.25) is 11.7 Å². The van der Waals surface area contributed by atoms with Gasteiger partial charge in [-0.2, -0.15) is 9.97 Å². The molecule has 0 atom stereocenters. The lowest BCUT2D eigenvalue weighted by Crippen LogP contribution is -2.37. The largest absolute Gasteiger partial charge is 0.493 e. The van der Waals surface area contributed by atoms with Crippen LogP contribution in [0.2, 0.25) is 0 Å². The first-order valence-electron chi connectivity index (χ1n) is 8.84. The lowest BCUT2D eigenvalue weighted by Gasteiger charge is -2.28. The lowest BCUT2D eigenvalue weighted by atomic mass is 10.2. The van der Waals surface area contributed by atoms with Crippen LogP contribution in [0, 0.1) is 0 Å². The molecule has 0 bridgehead atoms. The number of H-pyrrole nitrogens is 1. The van der Waals surface area contributed by atoms with Gasteiger partial charge in [-0.25, -0.2) is 4.98 Å². The van der Waals surface area contributed by atoms with Crippen molar-refractivity contribution in [2.45, 2.75) is 0 Å². The smallest absolute Gasteiger partial charge is 0.231 e. The molecule has 0 saturated carbocycles. The molecule has 28 heavy (non-hydrogen) atoms. The van der Waals surface area contributed by atoms with E-state index in [1.54, 1.807) is 39.8 Å². The van der Waals surface area contributed by atoms with E-state index in [0.29, 0.717) is 47.7 Å². The Labute approximate surface area is 161 Å². The topological polar surface area (TPSA) is 107 Å². The summed E-state index contributed by atoms with van der Waals surface area (Å²) in [5.74, 6) is 2.82. The van der Waals surface area contributed by atoms with Crippen molar-refractivity contribution in [3.63, 3.8) is 0 Å². The van der Waals surface area contributed by atoms with Crippen LogP contribution in [0.3, 0.4) is 0 Å². The van der Waals surface area contributed by atoms with Gasteiger partial charge in [-0.15, -0.1) is 0 Å². The Balaban J connectivity index is 1.72. The molecular weight excluding hydrogens is 364 g/mol. The molecule has 2 N–H and O–H groups in total. The minimum absolute atomic E-state index is 0.426. The number of aromatic nitrogens is 4. The van der Waals surface area contributed by atoms with Gasteiger partial charge < -0.3 is 34.1 Å². The molecule has 2 aromatic heterocycles. The predicted molar refractivity (Wildman–Crippen MR) is 104 cm³/mol. The van der Waals surface area contributed by atoms with E-state index in [1.807, 2.05) is 0 Å². The van der Waals surface area contributed by atoms with Crippen molar-refractivity contribution >= 4 is 28.6 Å². The van der Waals surface area contributed by atoms with E-state index in [-0.39, 0.29) is 0 Å². The number of rotatable bonds is 6. The lowest BCUT2D eigenvalue weighted by molar-refractivity contribution is 0.122. The normalized spacial score (nSPS) is 14.2. The van der Waals surface area contributed by atoms with E-state index in [9.17, 15) is 0 Å². The van der Waals surface area contributed by atoms with Crippen molar-refractivity contribution in [2.24, 2.45) is 0 Å². The Kier molecular flexibility index (Phi) is 5.02. The molecule has 1 saturated heterocycles. The first-order chi connectivity index (χ1) is 13.7. The van der Waals surface area contributed by atoms with E-state index in [0.717, 1.165) is 24.4 Å². The highest BCUT2D eigenvalue weighted by atomic mass is 16.5. The summed E-state index contributed by atoms with van der Waals surface area (Å²) < 4.78 is 21.6. The van der Waals surface area contributed by atoms with Crippen molar-refractivity contribution < 1.29 is 18.9 Å². The van der Waals surface area contributed by atoms with Gasteiger partial charge in [-0.05, 0) is 0 Å². The molecule has 0 amide bonds. The summed E-state index contributed by atoms with van der Waals surface area (Å²) in [4.78, 5) is 18.8. The fourth-order valence-corrected chi connectivity index (χ4v) is 3.16. The second-order valence-corrected chi connectivity index (χ2v) is 6.11. The minimum atomic E-state index is 0.426. The molecule has 10 heteroatoms. The Morgan fingerprint density at radius 1 is 1.04 bits per heavy atom. The van der Waals surface area contributed by atoms with Gasteiger partial charge >= 0.3 is 0 Å². The molecule has 1 aliphatic rings. The SMILES string of the molecule is COc1cc(Nc2nc(N3CCOCC3)c3[nH]cnc3n2)cc(OC)c1OC. The number of fused-ring (bicyclic) bond motifs is 1. The number of morpholine rings is 1. The van der Waals surface area contributed by atoms with Crippen LogP contribution in [0.25, 0.3) is 11.2 Å². The van der Waals surface area contributed by atoms with Crippen LogP contribution < -0.4 is 24.4 Å². The Morgan fingerprint density at radius 3 is 2.39 bits per heavy atom. The van der Waals surface area contributed by atoms with Crippen molar-refractivity contribution in [3.05, 3.63) is 18.5 Å². The van der Waals surface area contributed by atoms with Crippen LogP contribution >= 0.6 is 0 Å². The maximum absolute atomic E-state index is 5.45. The van der Waals surface area contributed by atoms with Crippen molar-refractivity contribution in [2.75, 3.05) is 57.8 Å². The van der Waals surface area contributed by atoms with E-state index in [2.05, 4.69) is 25.2 Å². The Hall–Kier alpha value is -3.27. The molecule has 0 spiro atoms. The quantitative estimate of drug-likeness (QED) is 0.657. The predicted octanol–water partition coefficient (Wildman–Crippen LogP) is 1.96. The number of aromatic amines is 1. The summed E-state index contributed by atoms with van der Waals surface area (Å²) in [7, 11) is 4.71. The molecule has 3 heterocycles. The van der Waals surface area contributed by atoms with Gasteiger partial charge in [0, 0.05) is 30.9 Å². The van der Waals surface area contributed by atoms with Crippen molar-refractivity contribution in [1.82, 2.24) is 19.9 Å². The second-order valence-electron chi connectivity index (χ2n) is 6.11. The maximum atomic E-state index is 5.45. The zero-order valence-corrected chi connectivity index (χ0v) is 16.0. The Bertz CT molecular complexity index is 945. The van der Waals surface area contributed by atoms with E-state index in [4.69, 9.17) is 23.9 Å². The molecule has 3 aromatic rings. The monoisotopic (exact) mass is 386 g/mol. The number of methoxy groups -OCH3 is 3. The molecule has 10 nitrogen and oxygen atoms in total. The molecule has 1 aromatic carbocycles. The Morgan fingerprint density at radius 2 is 1.75 bits per heavy atom. The number of anilines is 3. The summed E-state index contributed by atoms with van der Waals surface area (Å²) in [5, 5.41) is 3.22. The molecule has 0 unspecified atom stereocenters. The zero-order valence-electron chi connectivity index (χ0n) is 16.0. The first-order valence-corrected chi connectivity index (χ1v) is 8.84. The van der Waals surface area contributed by atoms with Gasteiger partial charge in [0.05, 0.1) is 40.9 Å². The van der Waals surface area contributed by atoms with E-state index < -0.39 is 0 Å². The fraction of sp³-hybridized carbons (Fsp3) is 0.389. The molecule has 4 rings (SSSR count). The van der Waals surface area contributed by atoms with Crippen LogP contribution in [0.1, 0.15) is 0 Å². The second kappa shape index (κ2) is 7.77. The van der Waals surface area contributed by atoms with Gasteiger partial charge in [0.15, 0.2) is 23.0 Å². The standard InChI is InChI=1S/C18H22N6O4/c1-25-12-8-11(9-13(26-2)15(12)27-3)21-18-22-16-14(19-10-20-16)17(23-18)24-4-6-28-7-5-24/h8-10H,4-7H2,1-3H3,(H2,19,20,21,22,23). The highest BCUT2D eigenvalue weighted by molar-refractivity contribution is 5.85. The van der Waals surface area contributed by atoms with Crippen LogP contribution in [-0.4, -0.2) is 67.6 Å². The summed E-state index contributed by atoms with van der Waals surface area (Å²) in [6.07, 6.45) is 1.62. The fourth-order valence-electron chi connectivity index (χ4n) is 3.16. The van der Waals surface area contributed by atoms with Crippen LogP contribution in [0.15, 0.2) is 18.5 Å². The van der Waals surface area contributed by atoms with Crippen LogP contribution in [-0.2, 0) is 4.74 Å². The summed E-state index contributed by atoms with van der Waals surface area (Å²) in [5.41, 5.74) is 2.10.